The highest BCUT2D eigenvalue weighted by atomic mass is 32.2. The Hall–Kier alpha value is -2.23. The third kappa shape index (κ3) is 5.08. The predicted molar refractivity (Wildman–Crippen MR) is 117 cm³/mol. The minimum Gasteiger partial charge on any atom is -0.272 e. The molecule has 2 N–H and O–H groups in total. The van der Waals surface area contributed by atoms with E-state index in [-0.39, 0.29) is 10.8 Å². The third-order valence-corrected chi connectivity index (χ3v) is 8.37. The van der Waals surface area contributed by atoms with Gasteiger partial charge in [0.15, 0.2) is 0 Å². The lowest BCUT2D eigenvalue weighted by Gasteiger charge is -2.17. The van der Waals surface area contributed by atoms with E-state index in [0.717, 1.165) is 41.1 Å². The molecule has 0 radical (unpaired) electrons. The van der Waals surface area contributed by atoms with Crippen molar-refractivity contribution in [1.82, 2.24) is 15.2 Å². The van der Waals surface area contributed by atoms with Crippen molar-refractivity contribution in [2.75, 3.05) is 13.6 Å². The van der Waals surface area contributed by atoms with Gasteiger partial charge in [0.1, 0.15) is 0 Å². The summed E-state index contributed by atoms with van der Waals surface area (Å²) >= 11 is 1.46. The molecule has 162 valence electrons. The van der Waals surface area contributed by atoms with E-state index in [1.807, 2.05) is 19.9 Å². The summed E-state index contributed by atoms with van der Waals surface area (Å²) < 4.78 is 26.3. The van der Waals surface area contributed by atoms with Gasteiger partial charge in [0.25, 0.3) is 11.8 Å². The number of nitrogens with one attached hydrogen (secondary N) is 2. The number of likely N-dealkylation sites (N-methyl/N-ethyl adjacent to an activating group) is 1. The molecule has 0 aliphatic heterocycles. The SMILES string of the molecule is Cc1ccc(S(=O)(=O)N(C)CC(=O)NNC(=O)c2cc3c(s2)CCCCC3)cc1C. The van der Waals surface area contributed by atoms with Gasteiger partial charge in [-0.05, 0) is 74.4 Å². The van der Waals surface area contributed by atoms with E-state index < -0.39 is 22.5 Å². The van der Waals surface area contributed by atoms with Gasteiger partial charge in [0, 0.05) is 11.9 Å². The minimum atomic E-state index is -3.81. The molecule has 9 heteroatoms. The average molecular weight is 450 g/mol. The normalized spacial score (nSPS) is 14.1. The summed E-state index contributed by atoms with van der Waals surface area (Å²) in [6.45, 7) is 3.33. The van der Waals surface area contributed by atoms with Crippen LogP contribution in [0.1, 0.15) is 50.5 Å². The van der Waals surface area contributed by atoms with Gasteiger partial charge in [-0.1, -0.05) is 12.5 Å². The molecule has 1 aromatic carbocycles. The Morgan fingerprint density at radius 3 is 2.50 bits per heavy atom. The fourth-order valence-corrected chi connectivity index (χ4v) is 5.71. The molecule has 0 spiro atoms. The largest absolute Gasteiger partial charge is 0.279 e. The zero-order valence-electron chi connectivity index (χ0n) is 17.4. The van der Waals surface area contributed by atoms with Gasteiger partial charge in [-0.3, -0.25) is 20.4 Å². The molecule has 7 nitrogen and oxygen atoms in total. The number of nitrogens with zero attached hydrogens (tertiary/aromatic N) is 1. The third-order valence-electron chi connectivity index (χ3n) is 5.34. The first kappa shape index (κ1) is 22.5. The van der Waals surface area contributed by atoms with Crippen molar-refractivity contribution in [3.05, 3.63) is 50.7 Å². The number of amides is 2. The molecule has 0 bridgehead atoms. The molecule has 0 unspecified atom stereocenters. The Morgan fingerprint density at radius 1 is 1.03 bits per heavy atom. The number of benzene rings is 1. The van der Waals surface area contributed by atoms with Crippen LogP contribution in [0.2, 0.25) is 0 Å². The van der Waals surface area contributed by atoms with Crippen LogP contribution in [-0.4, -0.2) is 38.1 Å². The second-order valence-electron chi connectivity index (χ2n) is 7.63. The monoisotopic (exact) mass is 449 g/mol. The lowest BCUT2D eigenvalue weighted by Crippen LogP contribution is -2.46. The van der Waals surface area contributed by atoms with E-state index in [4.69, 9.17) is 0 Å². The Balaban J connectivity index is 1.57. The highest BCUT2D eigenvalue weighted by Crippen LogP contribution is 2.28. The lowest BCUT2D eigenvalue weighted by molar-refractivity contribution is -0.121. The molecule has 1 aromatic heterocycles. The molecule has 30 heavy (non-hydrogen) atoms. The Kier molecular flexibility index (Phi) is 6.95. The van der Waals surface area contributed by atoms with Crippen LogP contribution in [0.15, 0.2) is 29.2 Å². The van der Waals surface area contributed by atoms with Crippen molar-refractivity contribution >= 4 is 33.2 Å². The molecule has 1 heterocycles. The number of hydrogen-bond acceptors (Lipinski definition) is 5. The van der Waals surface area contributed by atoms with Crippen LogP contribution in [0.3, 0.4) is 0 Å². The summed E-state index contributed by atoms with van der Waals surface area (Å²) in [6, 6.07) is 6.73. The minimum absolute atomic E-state index is 0.130. The van der Waals surface area contributed by atoms with Gasteiger partial charge in [0.05, 0.1) is 16.3 Å². The van der Waals surface area contributed by atoms with Crippen LogP contribution in [-0.2, 0) is 27.7 Å². The van der Waals surface area contributed by atoms with E-state index in [1.54, 1.807) is 12.1 Å². The maximum Gasteiger partial charge on any atom is 0.279 e. The van der Waals surface area contributed by atoms with Gasteiger partial charge in [-0.15, -0.1) is 11.3 Å². The summed E-state index contributed by atoms with van der Waals surface area (Å²) in [7, 11) is -2.47. The summed E-state index contributed by atoms with van der Waals surface area (Å²) in [6.07, 6.45) is 5.43. The van der Waals surface area contributed by atoms with Gasteiger partial charge >= 0.3 is 0 Å². The van der Waals surface area contributed by atoms with E-state index in [2.05, 4.69) is 10.9 Å². The fraction of sp³-hybridized carbons (Fsp3) is 0.429. The molecular weight excluding hydrogens is 422 g/mol. The first-order valence-corrected chi connectivity index (χ1v) is 12.2. The molecule has 3 rings (SSSR count). The fourth-order valence-electron chi connectivity index (χ4n) is 3.35. The number of carbonyl (C=O) groups excluding carboxylic acids is 2. The smallest absolute Gasteiger partial charge is 0.272 e. The maximum atomic E-state index is 12.7. The van der Waals surface area contributed by atoms with Crippen LogP contribution in [0, 0.1) is 13.8 Å². The van der Waals surface area contributed by atoms with Crippen molar-refractivity contribution < 1.29 is 18.0 Å². The number of aryl methyl sites for hydroxylation is 4. The van der Waals surface area contributed by atoms with E-state index >= 15 is 0 Å². The second-order valence-corrected chi connectivity index (χ2v) is 10.8. The molecule has 2 aromatic rings. The molecule has 2 amide bonds. The molecule has 0 fully saturated rings. The van der Waals surface area contributed by atoms with Gasteiger partial charge in [0.2, 0.25) is 10.0 Å². The van der Waals surface area contributed by atoms with E-state index in [1.165, 1.54) is 41.3 Å². The summed E-state index contributed by atoms with van der Waals surface area (Å²) in [4.78, 5) is 26.5. The Morgan fingerprint density at radius 2 is 1.77 bits per heavy atom. The molecule has 0 saturated heterocycles. The summed E-state index contributed by atoms with van der Waals surface area (Å²) in [5, 5.41) is 0. The quantitative estimate of drug-likeness (QED) is 0.542. The Bertz CT molecular complexity index is 1040. The zero-order chi connectivity index (χ0) is 21.9. The van der Waals surface area contributed by atoms with Crippen LogP contribution < -0.4 is 10.9 Å². The van der Waals surface area contributed by atoms with E-state index in [0.29, 0.717) is 4.88 Å². The number of hydrogen-bond donors (Lipinski definition) is 2. The predicted octanol–water partition coefficient (Wildman–Crippen LogP) is 2.72. The number of rotatable bonds is 5. The van der Waals surface area contributed by atoms with Gasteiger partial charge in [-0.25, -0.2) is 8.42 Å². The topological polar surface area (TPSA) is 95.6 Å². The highest BCUT2D eigenvalue weighted by molar-refractivity contribution is 7.89. The molecule has 0 atom stereocenters. The summed E-state index contributed by atoms with van der Waals surface area (Å²) in [5.41, 5.74) is 7.76. The zero-order valence-corrected chi connectivity index (χ0v) is 19.1. The van der Waals surface area contributed by atoms with Crippen LogP contribution in [0.25, 0.3) is 0 Å². The van der Waals surface area contributed by atoms with Crippen molar-refractivity contribution in [3.8, 4) is 0 Å². The van der Waals surface area contributed by atoms with Crippen molar-refractivity contribution in [2.45, 2.75) is 50.8 Å². The first-order valence-electron chi connectivity index (χ1n) is 9.93. The number of sulfonamides is 1. The number of hydrazine groups is 1. The average Bonchev–Trinajstić information content (AvgIpc) is 2.98. The standard InChI is InChI=1S/C21H27N3O4S2/c1-14-9-10-17(11-15(14)2)30(27,28)24(3)13-20(25)22-23-21(26)19-12-16-7-5-4-6-8-18(16)29-19/h9-12H,4-8,13H2,1-3H3,(H,22,25)(H,23,26). The number of carbonyl (C=O) groups is 2. The first-order chi connectivity index (χ1) is 14.2. The lowest BCUT2D eigenvalue weighted by atomic mass is 10.1. The van der Waals surface area contributed by atoms with Gasteiger partial charge < -0.3 is 0 Å². The van der Waals surface area contributed by atoms with E-state index in [9.17, 15) is 18.0 Å². The van der Waals surface area contributed by atoms with Crippen LogP contribution >= 0.6 is 11.3 Å². The van der Waals surface area contributed by atoms with Crippen molar-refractivity contribution in [3.63, 3.8) is 0 Å². The molecule has 0 saturated carbocycles. The van der Waals surface area contributed by atoms with Gasteiger partial charge in [-0.2, -0.15) is 4.31 Å². The van der Waals surface area contributed by atoms with Crippen molar-refractivity contribution in [1.29, 1.82) is 0 Å². The maximum absolute atomic E-state index is 12.7. The van der Waals surface area contributed by atoms with Crippen molar-refractivity contribution in [2.24, 2.45) is 0 Å². The van der Waals surface area contributed by atoms with Crippen LogP contribution in [0.5, 0.6) is 0 Å². The van der Waals surface area contributed by atoms with Crippen LogP contribution in [0.4, 0.5) is 0 Å². The molecular formula is C21H27N3O4S2. The highest BCUT2D eigenvalue weighted by Gasteiger charge is 2.24. The number of thiophene rings is 1. The second kappa shape index (κ2) is 9.28. The Labute approximate surface area is 181 Å². The summed E-state index contributed by atoms with van der Waals surface area (Å²) in [5.74, 6) is -1.00. The molecule has 1 aliphatic carbocycles. The molecule has 1 aliphatic rings. The number of fused-ring (bicyclic) bond motifs is 1.